The molecule has 2 aromatic carbocycles. The van der Waals surface area contributed by atoms with Crippen LogP contribution in [-0.2, 0) is 16.0 Å². The van der Waals surface area contributed by atoms with Gasteiger partial charge in [0.1, 0.15) is 11.4 Å². The standard InChI is InChI=1S/C20H23NO3S/c1-13-5-8-15(12-17(13)19(25)24-20(2,3)4)21-18(23)11-14-6-9-16(22)10-7-14/h5-10,12,22H,11H2,1-4H3,(H,21,23). The lowest BCUT2D eigenvalue weighted by molar-refractivity contribution is -0.115. The number of nitrogens with one attached hydrogen (secondary N) is 1. The van der Waals surface area contributed by atoms with Gasteiger partial charge in [-0.05, 0) is 75.3 Å². The molecule has 0 unspecified atom stereocenters. The Balaban J connectivity index is 2.09. The van der Waals surface area contributed by atoms with Crippen molar-refractivity contribution in [3.63, 3.8) is 0 Å². The van der Waals surface area contributed by atoms with Crippen molar-refractivity contribution in [2.75, 3.05) is 5.32 Å². The number of hydrogen-bond donors (Lipinski definition) is 2. The molecule has 0 saturated heterocycles. The van der Waals surface area contributed by atoms with E-state index in [1.54, 1.807) is 24.3 Å². The average Bonchev–Trinajstić information content (AvgIpc) is 2.49. The Hall–Kier alpha value is -2.40. The van der Waals surface area contributed by atoms with Gasteiger partial charge >= 0.3 is 0 Å². The normalized spacial score (nSPS) is 11.0. The molecule has 0 fully saturated rings. The topological polar surface area (TPSA) is 58.6 Å². The second-order valence-corrected chi connectivity index (χ2v) is 7.29. The van der Waals surface area contributed by atoms with Crippen molar-refractivity contribution in [3.05, 3.63) is 59.2 Å². The largest absolute Gasteiger partial charge is 0.508 e. The van der Waals surface area contributed by atoms with Gasteiger partial charge in [0, 0.05) is 11.3 Å². The van der Waals surface area contributed by atoms with Crippen LogP contribution in [0, 0.1) is 6.92 Å². The lowest BCUT2D eigenvalue weighted by Crippen LogP contribution is -2.24. The predicted molar refractivity (Wildman–Crippen MR) is 104 cm³/mol. The van der Waals surface area contributed by atoms with Gasteiger partial charge in [0.05, 0.1) is 6.42 Å². The Labute approximate surface area is 153 Å². The predicted octanol–water partition coefficient (Wildman–Crippen LogP) is 4.37. The van der Waals surface area contributed by atoms with E-state index in [2.05, 4.69) is 5.32 Å². The zero-order valence-corrected chi connectivity index (χ0v) is 15.7. The number of ether oxygens (including phenoxy) is 1. The molecule has 2 aromatic rings. The van der Waals surface area contributed by atoms with Gasteiger partial charge in [-0.2, -0.15) is 0 Å². The van der Waals surface area contributed by atoms with Gasteiger partial charge in [-0.3, -0.25) is 4.79 Å². The summed E-state index contributed by atoms with van der Waals surface area (Å²) in [6, 6.07) is 12.2. The summed E-state index contributed by atoms with van der Waals surface area (Å²) >= 11 is 5.39. The summed E-state index contributed by atoms with van der Waals surface area (Å²) in [5.41, 5.74) is 2.92. The number of carbonyl (C=O) groups excluding carboxylic acids is 1. The summed E-state index contributed by atoms with van der Waals surface area (Å²) in [5, 5.41) is 12.6. The highest BCUT2D eigenvalue weighted by Gasteiger charge is 2.17. The van der Waals surface area contributed by atoms with E-state index in [9.17, 15) is 9.90 Å². The number of aryl methyl sites for hydroxylation is 1. The lowest BCUT2D eigenvalue weighted by atomic mass is 10.1. The second-order valence-electron chi connectivity index (χ2n) is 6.92. The van der Waals surface area contributed by atoms with E-state index in [1.807, 2.05) is 45.9 Å². The number of phenols is 1. The zero-order chi connectivity index (χ0) is 18.6. The molecule has 0 bridgehead atoms. The number of carbonyl (C=O) groups is 1. The number of amides is 1. The number of aromatic hydroxyl groups is 1. The molecule has 25 heavy (non-hydrogen) atoms. The van der Waals surface area contributed by atoms with E-state index in [1.165, 1.54) is 0 Å². The first-order valence-electron chi connectivity index (χ1n) is 8.06. The Morgan fingerprint density at radius 2 is 1.80 bits per heavy atom. The zero-order valence-electron chi connectivity index (χ0n) is 14.9. The summed E-state index contributed by atoms with van der Waals surface area (Å²) in [6.07, 6.45) is 0.229. The van der Waals surface area contributed by atoms with Crippen LogP contribution in [0.5, 0.6) is 5.75 Å². The number of hydrogen-bond acceptors (Lipinski definition) is 4. The molecule has 4 nitrogen and oxygen atoms in total. The Morgan fingerprint density at radius 1 is 1.16 bits per heavy atom. The van der Waals surface area contributed by atoms with Crippen molar-refractivity contribution in [2.45, 2.75) is 39.7 Å². The van der Waals surface area contributed by atoms with Crippen LogP contribution in [0.25, 0.3) is 0 Å². The van der Waals surface area contributed by atoms with Crippen LogP contribution in [0.2, 0.25) is 0 Å². The maximum atomic E-state index is 12.2. The molecule has 2 rings (SSSR count). The van der Waals surface area contributed by atoms with Crippen molar-refractivity contribution in [1.29, 1.82) is 0 Å². The van der Waals surface area contributed by atoms with Gasteiger partial charge < -0.3 is 15.2 Å². The van der Waals surface area contributed by atoms with E-state index in [0.29, 0.717) is 10.7 Å². The van der Waals surface area contributed by atoms with E-state index in [-0.39, 0.29) is 23.7 Å². The number of benzene rings is 2. The fourth-order valence-corrected chi connectivity index (χ4v) is 2.73. The first-order chi connectivity index (χ1) is 11.6. The molecular formula is C20H23NO3S. The fourth-order valence-electron chi connectivity index (χ4n) is 2.26. The van der Waals surface area contributed by atoms with Crippen LogP contribution in [0.1, 0.15) is 37.5 Å². The summed E-state index contributed by atoms with van der Waals surface area (Å²) in [6.45, 7) is 7.78. The molecule has 0 saturated carbocycles. The highest BCUT2D eigenvalue weighted by atomic mass is 32.1. The van der Waals surface area contributed by atoms with Gasteiger partial charge in [-0.15, -0.1) is 0 Å². The van der Waals surface area contributed by atoms with Crippen molar-refractivity contribution in [1.82, 2.24) is 0 Å². The molecule has 1 amide bonds. The Bertz CT molecular complexity index is 777. The quantitative estimate of drug-likeness (QED) is 0.798. The van der Waals surface area contributed by atoms with E-state index in [4.69, 9.17) is 17.0 Å². The van der Waals surface area contributed by atoms with Crippen LogP contribution >= 0.6 is 12.2 Å². The van der Waals surface area contributed by atoms with Crippen molar-refractivity contribution < 1.29 is 14.6 Å². The molecule has 0 atom stereocenters. The first kappa shape index (κ1) is 18.9. The van der Waals surface area contributed by atoms with Crippen molar-refractivity contribution in [2.24, 2.45) is 0 Å². The maximum absolute atomic E-state index is 12.2. The third kappa shape index (κ3) is 5.87. The van der Waals surface area contributed by atoms with Gasteiger partial charge in [0.25, 0.3) is 0 Å². The monoisotopic (exact) mass is 357 g/mol. The third-order valence-electron chi connectivity index (χ3n) is 3.44. The molecule has 0 aliphatic carbocycles. The molecule has 0 aliphatic heterocycles. The van der Waals surface area contributed by atoms with Crippen LogP contribution in [0.15, 0.2) is 42.5 Å². The number of rotatable bonds is 4. The minimum Gasteiger partial charge on any atom is -0.508 e. The SMILES string of the molecule is Cc1ccc(NC(=O)Cc2ccc(O)cc2)cc1C(=S)OC(C)(C)C. The van der Waals surface area contributed by atoms with Gasteiger partial charge in [0.15, 0.2) is 5.05 Å². The first-order valence-corrected chi connectivity index (χ1v) is 8.46. The molecule has 2 N–H and O–H groups in total. The van der Waals surface area contributed by atoms with Crippen molar-refractivity contribution >= 4 is 28.9 Å². The van der Waals surface area contributed by atoms with Crippen LogP contribution in [-0.4, -0.2) is 21.7 Å². The van der Waals surface area contributed by atoms with Gasteiger partial charge in [-0.25, -0.2) is 0 Å². The van der Waals surface area contributed by atoms with E-state index in [0.717, 1.165) is 16.7 Å². The van der Waals surface area contributed by atoms with Crippen LogP contribution in [0.3, 0.4) is 0 Å². The Kier molecular flexibility index (Phi) is 5.80. The summed E-state index contributed by atoms with van der Waals surface area (Å²) in [7, 11) is 0. The summed E-state index contributed by atoms with van der Waals surface area (Å²) in [5.74, 6) is 0.0443. The molecule has 0 radical (unpaired) electrons. The maximum Gasteiger partial charge on any atom is 0.228 e. The van der Waals surface area contributed by atoms with E-state index < -0.39 is 0 Å². The van der Waals surface area contributed by atoms with Crippen LogP contribution in [0.4, 0.5) is 5.69 Å². The fraction of sp³-hybridized carbons (Fsp3) is 0.300. The molecule has 0 spiro atoms. The van der Waals surface area contributed by atoms with Gasteiger partial charge in [-0.1, -0.05) is 18.2 Å². The van der Waals surface area contributed by atoms with Crippen LogP contribution < -0.4 is 5.32 Å². The smallest absolute Gasteiger partial charge is 0.228 e. The minimum absolute atomic E-state index is 0.136. The second kappa shape index (κ2) is 7.66. The number of phenolic OH excluding ortho intramolecular Hbond substituents is 1. The average molecular weight is 357 g/mol. The summed E-state index contributed by atoms with van der Waals surface area (Å²) in [4.78, 5) is 12.2. The molecule has 0 aromatic heterocycles. The third-order valence-corrected chi connectivity index (χ3v) is 3.74. The molecule has 132 valence electrons. The molecular weight excluding hydrogens is 334 g/mol. The summed E-state index contributed by atoms with van der Waals surface area (Å²) < 4.78 is 5.77. The van der Waals surface area contributed by atoms with Crippen molar-refractivity contribution in [3.8, 4) is 5.75 Å². The van der Waals surface area contributed by atoms with Gasteiger partial charge in [0.2, 0.25) is 5.91 Å². The minimum atomic E-state index is -0.373. The molecule has 0 aliphatic rings. The highest BCUT2D eigenvalue weighted by molar-refractivity contribution is 7.80. The lowest BCUT2D eigenvalue weighted by Gasteiger charge is -2.22. The molecule has 0 heterocycles. The number of thiocarbonyl (C=S) groups is 1. The van der Waals surface area contributed by atoms with E-state index >= 15 is 0 Å². The molecule has 5 heteroatoms. The number of anilines is 1. The highest BCUT2D eigenvalue weighted by Crippen LogP contribution is 2.20. The Morgan fingerprint density at radius 3 is 2.40 bits per heavy atom.